The summed E-state index contributed by atoms with van der Waals surface area (Å²) in [7, 11) is 0. The van der Waals surface area contributed by atoms with E-state index in [2.05, 4.69) is 15.3 Å². The van der Waals surface area contributed by atoms with Crippen LogP contribution >= 0.6 is 11.8 Å². The van der Waals surface area contributed by atoms with Crippen molar-refractivity contribution < 1.29 is 9.21 Å². The van der Waals surface area contributed by atoms with Crippen LogP contribution in [0.25, 0.3) is 11.1 Å². The minimum atomic E-state index is -0.127. The van der Waals surface area contributed by atoms with Crippen molar-refractivity contribution in [1.82, 2.24) is 15.3 Å². The SMILES string of the molecule is CC(NC(=O)CSc1nc2ccccc2o1)c1ccccn1. The first-order valence-corrected chi connectivity index (χ1v) is 7.89. The third-order valence-electron chi connectivity index (χ3n) is 3.11. The first-order chi connectivity index (χ1) is 10.7. The van der Waals surface area contributed by atoms with Gasteiger partial charge in [-0.2, -0.15) is 0 Å². The van der Waals surface area contributed by atoms with E-state index in [0.717, 1.165) is 16.8 Å². The van der Waals surface area contributed by atoms with E-state index in [9.17, 15) is 4.79 Å². The molecule has 22 heavy (non-hydrogen) atoms. The molecule has 0 saturated carbocycles. The third kappa shape index (κ3) is 3.46. The number of fused-ring (bicyclic) bond motifs is 1. The average Bonchev–Trinajstić information content (AvgIpc) is 2.96. The molecule has 1 aromatic carbocycles. The molecule has 1 N–H and O–H groups in total. The third-order valence-corrected chi connectivity index (χ3v) is 3.94. The zero-order valence-corrected chi connectivity index (χ0v) is 12.8. The zero-order chi connectivity index (χ0) is 15.4. The topological polar surface area (TPSA) is 68.0 Å². The minimum Gasteiger partial charge on any atom is -0.431 e. The molecule has 5 nitrogen and oxygen atoms in total. The van der Waals surface area contributed by atoms with E-state index in [-0.39, 0.29) is 17.7 Å². The second-order valence-electron chi connectivity index (χ2n) is 4.78. The van der Waals surface area contributed by atoms with Crippen molar-refractivity contribution in [1.29, 1.82) is 0 Å². The Morgan fingerprint density at radius 1 is 1.27 bits per heavy atom. The summed E-state index contributed by atoms with van der Waals surface area (Å²) < 4.78 is 5.57. The van der Waals surface area contributed by atoms with Crippen LogP contribution in [0.15, 0.2) is 58.3 Å². The maximum Gasteiger partial charge on any atom is 0.257 e. The van der Waals surface area contributed by atoms with Crippen molar-refractivity contribution in [2.75, 3.05) is 5.75 Å². The van der Waals surface area contributed by atoms with Gasteiger partial charge in [-0.1, -0.05) is 30.0 Å². The maximum absolute atomic E-state index is 12.0. The lowest BCUT2D eigenvalue weighted by Gasteiger charge is -2.12. The highest BCUT2D eigenvalue weighted by molar-refractivity contribution is 7.99. The maximum atomic E-state index is 12.0. The number of para-hydroxylation sites is 2. The van der Waals surface area contributed by atoms with Crippen LogP contribution in [0.3, 0.4) is 0 Å². The van der Waals surface area contributed by atoms with Crippen LogP contribution in [0.2, 0.25) is 0 Å². The monoisotopic (exact) mass is 313 g/mol. The van der Waals surface area contributed by atoms with Gasteiger partial charge in [0.05, 0.1) is 17.5 Å². The molecule has 0 bridgehead atoms. The highest BCUT2D eigenvalue weighted by Gasteiger charge is 2.12. The lowest BCUT2D eigenvalue weighted by Crippen LogP contribution is -2.28. The van der Waals surface area contributed by atoms with Crippen molar-refractivity contribution in [2.24, 2.45) is 0 Å². The lowest BCUT2D eigenvalue weighted by molar-refractivity contribution is -0.119. The van der Waals surface area contributed by atoms with E-state index in [1.807, 2.05) is 49.4 Å². The number of rotatable bonds is 5. The molecule has 0 fully saturated rings. The van der Waals surface area contributed by atoms with Gasteiger partial charge in [0.15, 0.2) is 5.58 Å². The molecular formula is C16H15N3O2S. The molecule has 6 heteroatoms. The van der Waals surface area contributed by atoms with Gasteiger partial charge in [0.1, 0.15) is 5.52 Å². The fraction of sp³-hybridized carbons (Fsp3) is 0.188. The van der Waals surface area contributed by atoms with E-state index >= 15 is 0 Å². The minimum absolute atomic E-state index is 0.0783. The number of pyridine rings is 1. The van der Waals surface area contributed by atoms with E-state index in [0.29, 0.717) is 5.22 Å². The number of hydrogen-bond donors (Lipinski definition) is 1. The van der Waals surface area contributed by atoms with E-state index in [1.54, 1.807) is 6.20 Å². The van der Waals surface area contributed by atoms with Crippen molar-refractivity contribution >= 4 is 28.8 Å². The smallest absolute Gasteiger partial charge is 0.257 e. The van der Waals surface area contributed by atoms with Crippen LogP contribution in [-0.2, 0) is 4.79 Å². The van der Waals surface area contributed by atoms with Gasteiger partial charge in [0.25, 0.3) is 5.22 Å². The van der Waals surface area contributed by atoms with Gasteiger partial charge < -0.3 is 9.73 Å². The Balaban J connectivity index is 1.56. The van der Waals surface area contributed by atoms with Gasteiger partial charge in [0, 0.05) is 6.20 Å². The first kappa shape index (κ1) is 14.6. The van der Waals surface area contributed by atoms with Crippen LogP contribution in [0.1, 0.15) is 18.7 Å². The number of nitrogens with one attached hydrogen (secondary N) is 1. The van der Waals surface area contributed by atoms with E-state index in [4.69, 9.17) is 4.42 Å². The molecule has 1 atom stereocenters. The number of benzene rings is 1. The Kier molecular flexibility index (Phi) is 4.39. The predicted octanol–water partition coefficient (Wildman–Crippen LogP) is 3.19. The molecule has 112 valence electrons. The largest absolute Gasteiger partial charge is 0.431 e. The number of hydrogen-bond acceptors (Lipinski definition) is 5. The molecule has 3 rings (SSSR count). The number of nitrogens with zero attached hydrogens (tertiary/aromatic N) is 2. The summed E-state index contributed by atoms with van der Waals surface area (Å²) in [6, 6.07) is 13.0. The molecule has 1 unspecified atom stereocenters. The Bertz CT molecular complexity index is 740. The molecule has 0 aliphatic carbocycles. The summed E-state index contributed by atoms with van der Waals surface area (Å²) >= 11 is 1.28. The second-order valence-corrected chi connectivity index (χ2v) is 5.71. The Morgan fingerprint density at radius 2 is 2.09 bits per heavy atom. The molecule has 2 heterocycles. The number of carbonyl (C=O) groups is 1. The second kappa shape index (κ2) is 6.62. The lowest BCUT2D eigenvalue weighted by atomic mass is 10.2. The number of oxazole rings is 1. The van der Waals surface area contributed by atoms with Gasteiger partial charge in [-0.15, -0.1) is 0 Å². The molecule has 0 saturated heterocycles. The zero-order valence-electron chi connectivity index (χ0n) is 12.0. The summed E-state index contributed by atoms with van der Waals surface area (Å²) in [5, 5.41) is 3.41. The van der Waals surface area contributed by atoms with Crippen LogP contribution < -0.4 is 5.32 Å². The molecule has 1 amide bonds. The van der Waals surface area contributed by atoms with Crippen molar-refractivity contribution in [2.45, 2.75) is 18.2 Å². The van der Waals surface area contributed by atoms with Gasteiger partial charge in [-0.25, -0.2) is 4.98 Å². The fourth-order valence-corrected chi connectivity index (χ4v) is 2.68. The average molecular weight is 313 g/mol. The van der Waals surface area contributed by atoms with E-state index < -0.39 is 0 Å². The number of thioether (sulfide) groups is 1. The number of amides is 1. The fourth-order valence-electron chi connectivity index (χ4n) is 2.03. The Labute approximate surface area is 132 Å². The highest BCUT2D eigenvalue weighted by atomic mass is 32.2. The van der Waals surface area contributed by atoms with Crippen LogP contribution in [-0.4, -0.2) is 21.6 Å². The quantitative estimate of drug-likeness (QED) is 0.733. The first-order valence-electron chi connectivity index (χ1n) is 6.91. The van der Waals surface area contributed by atoms with Gasteiger partial charge >= 0.3 is 0 Å². The molecular weight excluding hydrogens is 298 g/mol. The van der Waals surface area contributed by atoms with Crippen LogP contribution in [0, 0.1) is 0 Å². The Morgan fingerprint density at radius 3 is 2.86 bits per heavy atom. The normalized spacial score (nSPS) is 12.2. The summed E-state index contributed by atoms with van der Waals surface area (Å²) in [6.45, 7) is 1.91. The summed E-state index contributed by atoms with van der Waals surface area (Å²) in [4.78, 5) is 20.5. The molecule has 0 spiro atoms. The predicted molar refractivity (Wildman–Crippen MR) is 85.5 cm³/mol. The van der Waals surface area contributed by atoms with Gasteiger partial charge in [-0.05, 0) is 31.2 Å². The molecule has 2 aromatic heterocycles. The summed E-state index contributed by atoms with van der Waals surface area (Å²) in [5.74, 6) is 0.176. The number of carbonyl (C=O) groups excluding carboxylic acids is 1. The Hall–Kier alpha value is -2.34. The van der Waals surface area contributed by atoms with Crippen LogP contribution in [0.4, 0.5) is 0 Å². The van der Waals surface area contributed by atoms with Crippen molar-refractivity contribution in [3.05, 3.63) is 54.4 Å². The molecule has 0 aliphatic heterocycles. The van der Waals surface area contributed by atoms with Crippen molar-refractivity contribution in [3.63, 3.8) is 0 Å². The van der Waals surface area contributed by atoms with Gasteiger partial charge in [-0.3, -0.25) is 9.78 Å². The molecule has 0 aliphatic rings. The van der Waals surface area contributed by atoms with Crippen LogP contribution in [0.5, 0.6) is 0 Å². The standard InChI is InChI=1S/C16H15N3O2S/c1-11(12-6-4-5-9-17-12)18-15(20)10-22-16-19-13-7-2-3-8-14(13)21-16/h2-9,11H,10H2,1H3,(H,18,20). The van der Waals surface area contributed by atoms with Gasteiger partial charge in [0.2, 0.25) is 5.91 Å². The summed E-state index contributed by atoms with van der Waals surface area (Å²) in [6.07, 6.45) is 1.71. The molecule has 0 radical (unpaired) electrons. The van der Waals surface area contributed by atoms with E-state index in [1.165, 1.54) is 11.8 Å². The van der Waals surface area contributed by atoms with Crippen molar-refractivity contribution in [3.8, 4) is 0 Å². The summed E-state index contributed by atoms with van der Waals surface area (Å²) in [5.41, 5.74) is 2.36. The molecule has 3 aromatic rings. The number of aromatic nitrogens is 2. The highest BCUT2D eigenvalue weighted by Crippen LogP contribution is 2.23.